The summed E-state index contributed by atoms with van der Waals surface area (Å²) in [5, 5.41) is 9.61. The number of thioether (sulfide) groups is 1. The molecule has 2 aromatic carbocycles. The lowest BCUT2D eigenvalue weighted by Crippen LogP contribution is -2.08. The van der Waals surface area contributed by atoms with E-state index in [1.165, 1.54) is 0 Å². The Kier molecular flexibility index (Phi) is 5.31. The van der Waals surface area contributed by atoms with E-state index in [0.29, 0.717) is 23.0 Å². The van der Waals surface area contributed by atoms with Crippen LogP contribution in [0.2, 0.25) is 0 Å². The van der Waals surface area contributed by atoms with Gasteiger partial charge < -0.3 is 0 Å². The second-order valence-corrected chi connectivity index (χ2v) is 9.79. The number of hydrogen-bond donors (Lipinski definition) is 0. The largest absolute Gasteiger partial charge is 0.274 e. The minimum Gasteiger partial charge on any atom is -0.274 e. The van der Waals surface area contributed by atoms with Gasteiger partial charge in [0.05, 0.1) is 10.6 Å². The molecule has 1 saturated carbocycles. The van der Waals surface area contributed by atoms with Crippen molar-refractivity contribution >= 4 is 21.6 Å². The lowest BCUT2D eigenvalue weighted by Gasteiger charge is -2.09. The first-order valence-electron chi connectivity index (χ1n) is 9.06. The van der Waals surface area contributed by atoms with Crippen LogP contribution >= 0.6 is 11.8 Å². The molecule has 0 bridgehead atoms. The van der Waals surface area contributed by atoms with Gasteiger partial charge in [0.2, 0.25) is 0 Å². The quantitative estimate of drug-likeness (QED) is 0.421. The lowest BCUT2D eigenvalue weighted by atomic mass is 10.3. The van der Waals surface area contributed by atoms with E-state index >= 15 is 0 Å². The molecule has 0 spiro atoms. The van der Waals surface area contributed by atoms with Crippen molar-refractivity contribution in [2.75, 3.05) is 11.5 Å². The summed E-state index contributed by atoms with van der Waals surface area (Å²) in [7, 11) is -3.23. The van der Waals surface area contributed by atoms with E-state index in [2.05, 4.69) is 26.9 Å². The Bertz CT molecular complexity index is 998. The van der Waals surface area contributed by atoms with Gasteiger partial charge in [-0.05, 0) is 43.5 Å². The highest BCUT2D eigenvalue weighted by atomic mass is 32.2. The van der Waals surface area contributed by atoms with Gasteiger partial charge in [-0.3, -0.25) is 4.57 Å². The molecule has 0 aliphatic heterocycles. The molecule has 0 unspecified atom stereocenters. The van der Waals surface area contributed by atoms with E-state index in [9.17, 15) is 8.42 Å². The van der Waals surface area contributed by atoms with Gasteiger partial charge in [0, 0.05) is 17.4 Å². The molecule has 0 atom stereocenters. The molecule has 1 aliphatic rings. The molecule has 0 amide bonds. The van der Waals surface area contributed by atoms with Crippen LogP contribution in [0.1, 0.15) is 31.0 Å². The number of hydrogen-bond acceptors (Lipinski definition) is 5. The summed E-state index contributed by atoms with van der Waals surface area (Å²) in [6.45, 7) is 0. The summed E-state index contributed by atoms with van der Waals surface area (Å²) >= 11 is 1.57. The molecule has 5 nitrogen and oxygen atoms in total. The van der Waals surface area contributed by atoms with E-state index < -0.39 is 9.84 Å². The van der Waals surface area contributed by atoms with Crippen LogP contribution in [-0.2, 0) is 9.84 Å². The fourth-order valence-corrected chi connectivity index (χ4v) is 5.37. The van der Waals surface area contributed by atoms with Crippen LogP contribution in [0.25, 0.3) is 5.69 Å². The van der Waals surface area contributed by atoms with Crippen LogP contribution in [0, 0.1) is 0 Å². The Morgan fingerprint density at radius 1 is 0.963 bits per heavy atom. The lowest BCUT2D eigenvalue weighted by molar-refractivity contribution is 0.595. The molecule has 27 heavy (non-hydrogen) atoms. The van der Waals surface area contributed by atoms with Crippen LogP contribution in [0.3, 0.4) is 0 Å². The third kappa shape index (κ3) is 4.25. The molecule has 140 valence electrons. The summed E-state index contributed by atoms with van der Waals surface area (Å²) in [4.78, 5) is 0.387. The topological polar surface area (TPSA) is 64.8 Å². The summed E-state index contributed by atoms with van der Waals surface area (Å²) in [5.41, 5.74) is 1.06. The normalized spacial score (nSPS) is 14.4. The van der Waals surface area contributed by atoms with Gasteiger partial charge in [0.15, 0.2) is 15.0 Å². The van der Waals surface area contributed by atoms with Crippen LogP contribution in [-0.4, -0.2) is 34.7 Å². The Hall–Kier alpha value is -2.12. The van der Waals surface area contributed by atoms with Crippen molar-refractivity contribution in [2.45, 2.75) is 35.2 Å². The molecule has 0 saturated heterocycles. The fraction of sp³-hybridized carbons (Fsp3) is 0.300. The van der Waals surface area contributed by atoms with Gasteiger partial charge in [-0.1, -0.05) is 48.2 Å². The molecule has 0 N–H and O–H groups in total. The maximum atomic E-state index is 12.4. The second kappa shape index (κ2) is 7.86. The molecule has 7 heteroatoms. The summed E-state index contributed by atoms with van der Waals surface area (Å²) in [6.07, 6.45) is 2.89. The predicted molar refractivity (Wildman–Crippen MR) is 107 cm³/mol. The zero-order chi connectivity index (χ0) is 18.7. The minimum atomic E-state index is -3.23. The third-order valence-electron chi connectivity index (χ3n) is 4.51. The van der Waals surface area contributed by atoms with Crippen LogP contribution < -0.4 is 0 Å². The van der Waals surface area contributed by atoms with Crippen molar-refractivity contribution in [3.05, 3.63) is 66.5 Å². The smallest absolute Gasteiger partial charge is 0.195 e. The first-order chi connectivity index (χ1) is 13.1. The van der Waals surface area contributed by atoms with Crippen LogP contribution in [0.4, 0.5) is 0 Å². The second-order valence-electron chi connectivity index (χ2n) is 6.62. The van der Waals surface area contributed by atoms with Crippen molar-refractivity contribution in [3.8, 4) is 5.69 Å². The first-order valence-corrected chi connectivity index (χ1v) is 11.7. The Labute approximate surface area is 163 Å². The predicted octanol–water partition coefficient (Wildman–Crippen LogP) is 4.10. The van der Waals surface area contributed by atoms with E-state index in [-0.39, 0.29) is 5.75 Å². The molecule has 0 radical (unpaired) electrons. The van der Waals surface area contributed by atoms with E-state index in [4.69, 9.17) is 0 Å². The van der Waals surface area contributed by atoms with Crippen molar-refractivity contribution in [3.63, 3.8) is 0 Å². The van der Waals surface area contributed by atoms with E-state index in [0.717, 1.165) is 29.5 Å². The summed E-state index contributed by atoms with van der Waals surface area (Å²) < 4.78 is 26.9. The van der Waals surface area contributed by atoms with Gasteiger partial charge in [-0.2, -0.15) is 0 Å². The van der Waals surface area contributed by atoms with Crippen LogP contribution in [0.5, 0.6) is 0 Å². The number of rotatable bonds is 8. The molecule has 1 aromatic heterocycles. The number of benzene rings is 2. The molecular weight excluding hydrogens is 378 g/mol. The van der Waals surface area contributed by atoms with Crippen molar-refractivity contribution in [1.82, 2.24) is 14.8 Å². The monoisotopic (exact) mass is 399 g/mol. The van der Waals surface area contributed by atoms with Gasteiger partial charge in [-0.15, -0.1) is 10.2 Å². The molecular formula is C20H21N3O2S2. The summed E-state index contributed by atoms with van der Waals surface area (Å²) in [5.74, 6) is 2.33. The fourth-order valence-electron chi connectivity index (χ4n) is 2.96. The van der Waals surface area contributed by atoms with E-state index in [1.54, 1.807) is 36.0 Å². The summed E-state index contributed by atoms with van der Waals surface area (Å²) in [6, 6.07) is 18.7. The molecule has 3 aromatic rings. The average molecular weight is 400 g/mol. The van der Waals surface area contributed by atoms with Crippen molar-refractivity contribution in [2.24, 2.45) is 0 Å². The minimum absolute atomic E-state index is 0.138. The SMILES string of the molecule is O=S(=O)(CCCSc1nnc(C2CC2)n1-c1ccccc1)c1ccccc1. The standard InChI is InChI=1S/C20H21N3O2S2/c24-27(25,18-10-5-2-6-11-18)15-7-14-26-20-22-21-19(16-12-13-16)23(20)17-8-3-1-4-9-17/h1-6,8-11,16H,7,12-15H2. The zero-order valence-corrected chi connectivity index (χ0v) is 16.5. The van der Waals surface area contributed by atoms with Gasteiger partial charge in [0.25, 0.3) is 0 Å². The Morgan fingerprint density at radius 3 is 2.30 bits per heavy atom. The number of para-hydroxylation sites is 1. The average Bonchev–Trinajstić information content (AvgIpc) is 3.46. The number of sulfone groups is 1. The Morgan fingerprint density at radius 2 is 1.63 bits per heavy atom. The highest BCUT2D eigenvalue weighted by Crippen LogP contribution is 2.41. The van der Waals surface area contributed by atoms with Gasteiger partial charge in [-0.25, -0.2) is 8.42 Å². The first kappa shape index (κ1) is 18.3. The van der Waals surface area contributed by atoms with Crippen LogP contribution in [0.15, 0.2) is 70.7 Å². The Balaban J connectivity index is 1.43. The van der Waals surface area contributed by atoms with Gasteiger partial charge >= 0.3 is 0 Å². The third-order valence-corrected chi connectivity index (χ3v) is 7.34. The number of nitrogens with zero attached hydrogens (tertiary/aromatic N) is 3. The van der Waals surface area contributed by atoms with E-state index in [1.807, 2.05) is 24.3 Å². The van der Waals surface area contributed by atoms with Crippen molar-refractivity contribution < 1.29 is 8.42 Å². The molecule has 1 heterocycles. The highest BCUT2D eigenvalue weighted by molar-refractivity contribution is 7.99. The highest BCUT2D eigenvalue weighted by Gasteiger charge is 2.31. The molecule has 4 rings (SSSR count). The van der Waals surface area contributed by atoms with Gasteiger partial charge in [0.1, 0.15) is 5.82 Å². The molecule has 1 aliphatic carbocycles. The number of aromatic nitrogens is 3. The maximum absolute atomic E-state index is 12.4. The molecule has 1 fully saturated rings. The maximum Gasteiger partial charge on any atom is 0.195 e. The van der Waals surface area contributed by atoms with Crippen molar-refractivity contribution in [1.29, 1.82) is 0 Å². The zero-order valence-electron chi connectivity index (χ0n) is 14.9.